The first-order chi connectivity index (χ1) is 8.89. The Hall–Kier alpha value is -1.53. The Morgan fingerprint density at radius 2 is 1.89 bits per heavy atom. The third-order valence-corrected chi connectivity index (χ3v) is 3.74. The lowest BCUT2D eigenvalue weighted by molar-refractivity contribution is -0.115. The first-order valence-corrected chi connectivity index (χ1v) is 7.61. The van der Waals surface area contributed by atoms with Crippen LogP contribution in [0, 0.1) is 5.41 Å². The molecular weight excluding hydrogens is 264 g/mol. The van der Waals surface area contributed by atoms with Crippen molar-refractivity contribution in [3.05, 3.63) is 35.9 Å². The van der Waals surface area contributed by atoms with Gasteiger partial charge in [0.2, 0.25) is 10.0 Å². The zero-order chi connectivity index (χ0) is 14.3. The quantitative estimate of drug-likeness (QED) is 0.701. The fourth-order valence-electron chi connectivity index (χ4n) is 1.61. The smallest absolute Gasteiger partial charge is 0.218 e. The highest BCUT2D eigenvalue weighted by molar-refractivity contribution is 7.90. The molecule has 0 unspecified atom stereocenters. The molecule has 0 fully saturated rings. The van der Waals surface area contributed by atoms with Crippen LogP contribution in [0.3, 0.4) is 0 Å². The van der Waals surface area contributed by atoms with Crippen molar-refractivity contribution in [1.82, 2.24) is 4.72 Å². The summed E-state index contributed by atoms with van der Waals surface area (Å²) in [6, 6.07) is 9.50. The lowest BCUT2D eigenvalue weighted by atomic mass is 10.2. The summed E-state index contributed by atoms with van der Waals surface area (Å²) in [5, 5.41) is 7.15. The minimum atomic E-state index is -3.59. The molecule has 1 aromatic carbocycles. The SMILES string of the molecule is CC(=N)CC(=O)CS(=O)(=O)NCCc1ccccc1. The Morgan fingerprint density at radius 1 is 1.26 bits per heavy atom. The van der Waals surface area contributed by atoms with E-state index in [1.54, 1.807) is 0 Å². The van der Waals surface area contributed by atoms with Gasteiger partial charge in [-0.1, -0.05) is 30.3 Å². The maximum absolute atomic E-state index is 11.6. The molecule has 0 aliphatic heterocycles. The lowest BCUT2D eigenvalue weighted by Gasteiger charge is -2.06. The van der Waals surface area contributed by atoms with E-state index in [4.69, 9.17) is 5.41 Å². The van der Waals surface area contributed by atoms with Gasteiger partial charge in [-0.25, -0.2) is 13.1 Å². The summed E-state index contributed by atoms with van der Waals surface area (Å²) in [5.74, 6) is -1.02. The highest BCUT2D eigenvalue weighted by Crippen LogP contribution is 1.99. The monoisotopic (exact) mass is 282 g/mol. The molecule has 6 heteroatoms. The van der Waals surface area contributed by atoms with Gasteiger partial charge >= 0.3 is 0 Å². The number of benzene rings is 1. The molecule has 0 atom stereocenters. The molecule has 5 nitrogen and oxygen atoms in total. The topological polar surface area (TPSA) is 87.1 Å². The summed E-state index contributed by atoms with van der Waals surface area (Å²) in [6.07, 6.45) is 0.470. The third-order valence-electron chi connectivity index (χ3n) is 2.39. The lowest BCUT2D eigenvalue weighted by Crippen LogP contribution is -2.32. The van der Waals surface area contributed by atoms with Gasteiger partial charge in [0, 0.05) is 18.7 Å². The number of hydrogen-bond acceptors (Lipinski definition) is 4. The fourth-order valence-corrected chi connectivity index (χ4v) is 2.65. The summed E-state index contributed by atoms with van der Waals surface area (Å²) in [6.45, 7) is 1.75. The van der Waals surface area contributed by atoms with Crippen molar-refractivity contribution in [3.8, 4) is 0 Å². The molecule has 0 aliphatic carbocycles. The van der Waals surface area contributed by atoms with E-state index in [0.717, 1.165) is 5.56 Å². The molecule has 104 valence electrons. The Bertz CT molecular complexity index is 538. The van der Waals surface area contributed by atoms with Crippen LogP contribution in [0.5, 0.6) is 0 Å². The van der Waals surface area contributed by atoms with Crippen molar-refractivity contribution in [2.45, 2.75) is 19.8 Å². The second-order valence-corrected chi connectivity index (χ2v) is 6.19. The molecule has 1 rings (SSSR count). The number of rotatable bonds is 8. The molecule has 0 aliphatic rings. The summed E-state index contributed by atoms with van der Waals surface area (Å²) >= 11 is 0. The summed E-state index contributed by atoms with van der Waals surface area (Å²) in [5.41, 5.74) is 1.20. The van der Waals surface area contributed by atoms with Gasteiger partial charge < -0.3 is 5.41 Å². The van der Waals surface area contributed by atoms with Crippen LogP contribution in [0.4, 0.5) is 0 Å². The van der Waals surface area contributed by atoms with Crippen LogP contribution in [0.2, 0.25) is 0 Å². The van der Waals surface area contributed by atoms with Crippen LogP contribution < -0.4 is 4.72 Å². The minimum absolute atomic E-state index is 0.112. The van der Waals surface area contributed by atoms with E-state index >= 15 is 0 Å². The maximum atomic E-state index is 11.6. The Labute approximate surface area is 113 Å². The molecule has 19 heavy (non-hydrogen) atoms. The van der Waals surface area contributed by atoms with Crippen molar-refractivity contribution >= 4 is 21.5 Å². The molecule has 0 saturated heterocycles. The first kappa shape index (κ1) is 15.5. The zero-order valence-electron chi connectivity index (χ0n) is 10.8. The number of hydrogen-bond donors (Lipinski definition) is 2. The predicted molar refractivity (Wildman–Crippen MR) is 75.0 cm³/mol. The van der Waals surface area contributed by atoms with E-state index in [9.17, 15) is 13.2 Å². The summed E-state index contributed by atoms with van der Waals surface area (Å²) in [7, 11) is -3.59. The van der Waals surface area contributed by atoms with Crippen molar-refractivity contribution < 1.29 is 13.2 Å². The average molecular weight is 282 g/mol. The van der Waals surface area contributed by atoms with Gasteiger partial charge in [0.15, 0.2) is 5.78 Å². The number of nitrogens with one attached hydrogen (secondary N) is 2. The van der Waals surface area contributed by atoms with Gasteiger partial charge in [-0.3, -0.25) is 4.79 Å². The van der Waals surface area contributed by atoms with E-state index < -0.39 is 21.6 Å². The standard InChI is InChI=1S/C13H18N2O3S/c1-11(14)9-13(16)10-19(17,18)15-8-7-12-5-3-2-4-6-12/h2-6,14-15H,7-10H2,1H3. The van der Waals surface area contributed by atoms with Crippen molar-refractivity contribution in [2.75, 3.05) is 12.3 Å². The van der Waals surface area contributed by atoms with Crippen LogP contribution in [0.1, 0.15) is 18.9 Å². The molecule has 0 aromatic heterocycles. The number of sulfonamides is 1. The van der Waals surface area contributed by atoms with Crippen LogP contribution in [-0.4, -0.2) is 32.2 Å². The molecule has 0 saturated carbocycles. The van der Waals surface area contributed by atoms with E-state index in [-0.39, 0.29) is 18.7 Å². The Morgan fingerprint density at radius 3 is 2.47 bits per heavy atom. The number of carbonyl (C=O) groups excluding carboxylic acids is 1. The second-order valence-electron chi connectivity index (χ2n) is 4.38. The highest BCUT2D eigenvalue weighted by Gasteiger charge is 2.16. The summed E-state index contributed by atoms with van der Waals surface area (Å²) < 4.78 is 25.6. The molecule has 0 amide bonds. The highest BCUT2D eigenvalue weighted by atomic mass is 32.2. The Balaban J connectivity index is 2.39. The van der Waals surface area contributed by atoms with Crippen molar-refractivity contribution in [3.63, 3.8) is 0 Å². The number of carbonyl (C=O) groups is 1. The first-order valence-electron chi connectivity index (χ1n) is 5.96. The van der Waals surface area contributed by atoms with Crippen molar-refractivity contribution in [1.29, 1.82) is 5.41 Å². The van der Waals surface area contributed by atoms with Gasteiger partial charge in [0.25, 0.3) is 0 Å². The minimum Gasteiger partial charge on any atom is -0.310 e. The molecule has 0 spiro atoms. The normalized spacial score (nSPS) is 11.2. The third kappa shape index (κ3) is 6.83. The fraction of sp³-hybridized carbons (Fsp3) is 0.385. The van der Waals surface area contributed by atoms with Crippen LogP contribution in [0.15, 0.2) is 30.3 Å². The van der Waals surface area contributed by atoms with E-state index in [1.807, 2.05) is 30.3 Å². The van der Waals surface area contributed by atoms with Gasteiger partial charge in [0.1, 0.15) is 5.75 Å². The zero-order valence-corrected chi connectivity index (χ0v) is 11.7. The number of Topliss-reactive ketones (excluding diaryl/α,β-unsaturated/α-hetero) is 1. The van der Waals surface area contributed by atoms with Gasteiger partial charge in [0.05, 0.1) is 0 Å². The van der Waals surface area contributed by atoms with Crippen LogP contribution in [0.25, 0.3) is 0 Å². The van der Waals surface area contributed by atoms with Gasteiger partial charge in [-0.2, -0.15) is 0 Å². The largest absolute Gasteiger partial charge is 0.310 e. The molecular formula is C13H18N2O3S. The maximum Gasteiger partial charge on any atom is 0.218 e. The van der Waals surface area contributed by atoms with Crippen LogP contribution >= 0.6 is 0 Å². The van der Waals surface area contributed by atoms with Gasteiger partial charge in [-0.05, 0) is 18.9 Å². The summed E-state index contributed by atoms with van der Waals surface area (Å²) in [4.78, 5) is 11.3. The molecule has 0 radical (unpaired) electrons. The Kier molecular flexibility index (Phi) is 5.85. The predicted octanol–water partition coefficient (Wildman–Crippen LogP) is 1.15. The van der Waals surface area contributed by atoms with E-state index in [1.165, 1.54) is 6.92 Å². The molecule has 2 N–H and O–H groups in total. The van der Waals surface area contributed by atoms with E-state index in [0.29, 0.717) is 6.42 Å². The van der Waals surface area contributed by atoms with Crippen LogP contribution in [-0.2, 0) is 21.2 Å². The van der Waals surface area contributed by atoms with E-state index in [2.05, 4.69) is 4.72 Å². The van der Waals surface area contributed by atoms with Gasteiger partial charge in [-0.15, -0.1) is 0 Å². The molecule has 1 aromatic rings. The van der Waals surface area contributed by atoms with Crippen molar-refractivity contribution in [2.24, 2.45) is 0 Å². The second kappa shape index (κ2) is 7.16. The molecule has 0 heterocycles. The molecule has 0 bridgehead atoms. The number of ketones is 1. The average Bonchev–Trinajstić information content (AvgIpc) is 2.27.